The van der Waals surface area contributed by atoms with Crippen LogP contribution in [0.2, 0.25) is 0 Å². The molecule has 10 nitrogen and oxygen atoms in total. The van der Waals surface area contributed by atoms with E-state index in [4.69, 9.17) is 10.8 Å². The highest BCUT2D eigenvalue weighted by molar-refractivity contribution is 5.93. The van der Waals surface area contributed by atoms with E-state index >= 15 is 0 Å². The Balaban J connectivity index is 3.90. The van der Waals surface area contributed by atoms with E-state index < -0.39 is 5.97 Å². The van der Waals surface area contributed by atoms with E-state index in [9.17, 15) is 38.4 Å². The van der Waals surface area contributed by atoms with Crippen molar-refractivity contribution in [2.75, 3.05) is 6.54 Å². The Bertz CT molecular complexity index is 770. The quantitative estimate of drug-likeness (QED) is 0.218. The van der Waals surface area contributed by atoms with Gasteiger partial charge in [0.05, 0.1) is 6.42 Å². The van der Waals surface area contributed by atoms with Crippen molar-refractivity contribution in [3.8, 4) is 0 Å². The minimum atomic E-state index is -1.08. The molecule has 0 spiro atoms. The fourth-order valence-electron chi connectivity index (χ4n) is 2.96. The monoisotopic (exact) mass is 481 g/mol. The molecule has 3 N–H and O–H groups in total. The molecule has 0 saturated heterocycles. The van der Waals surface area contributed by atoms with Crippen LogP contribution in [0, 0.1) is 0 Å². The Morgan fingerprint density at radius 3 is 0.706 bits per heavy atom. The van der Waals surface area contributed by atoms with E-state index in [-0.39, 0.29) is 143 Å². The predicted octanol–water partition coefficient (Wildman–Crippen LogP) is 1.86. The summed E-state index contributed by atoms with van der Waals surface area (Å²) in [5, 5.41) is 8.50. The number of ketones is 7. The first-order valence-corrected chi connectivity index (χ1v) is 11.6. The van der Waals surface area contributed by atoms with Gasteiger partial charge in [-0.1, -0.05) is 0 Å². The molecule has 0 aromatic heterocycles. The lowest BCUT2D eigenvalue weighted by Crippen LogP contribution is -2.11. The van der Waals surface area contributed by atoms with Gasteiger partial charge in [-0.3, -0.25) is 38.4 Å². The molecule has 0 unspecified atom stereocenters. The lowest BCUT2D eigenvalue weighted by atomic mass is 10.00. The molecule has 0 atom stereocenters. The summed E-state index contributed by atoms with van der Waals surface area (Å²) < 4.78 is 0. The molecule has 34 heavy (non-hydrogen) atoms. The normalized spacial score (nSPS) is 10.5. The van der Waals surface area contributed by atoms with Crippen LogP contribution in [0.3, 0.4) is 0 Å². The van der Waals surface area contributed by atoms with E-state index in [1.165, 1.54) is 0 Å². The highest BCUT2D eigenvalue weighted by atomic mass is 16.4. The summed E-state index contributed by atoms with van der Waals surface area (Å²) in [4.78, 5) is 92.2. The zero-order valence-corrected chi connectivity index (χ0v) is 19.6. The van der Waals surface area contributed by atoms with Crippen LogP contribution in [-0.2, 0) is 38.4 Å². The number of carboxylic acid groups (broad SMARTS) is 1. The smallest absolute Gasteiger partial charge is 0.303 e. The standard InChI is InChI=1S/C24H35NO9/c25-16-15-23(32)12-11-21(30)8-7-19(28)4-3-17(26)1-2-18(27)5-6-20(29)9-10-22(31)13-14-24(33)34/h1-16,25H2,(H,33,34). The van der Waals surface area contributed by atoms with Gasteiger partial charge < -0.3 is 10.8 Å². The Hall–Kier alpha value is -2.88. The number of nitrogens with two attached hydrogens (primary N) is 1. The number of aliphatic carboxylic acids is 1. The molecule has 0 saturated carbocycles. The fourth-order valence-corrected chi connectivity index (χ4v) is 2.96. The van der Waals surface area contributed by atoms with Gasteiger partial charge in [-0.15, -0.1) is 0 Å². The first-order chi connectivity index (χ1) is 16.0. The van der Waals surface area contributed by atoms with Gasteiger partial charge in [0.15, 0.2) is 0 Å². The first kappa shape index (κ1) is 31.1. The molecule has 10 heteroatoms. The number of rotatable bonds is 23. The molecule has 0 aliphatic rings. The van der Waals surface area contributed by atoms with Crippen molar-refractivity contribution in [2.45, 2.75) is 96.3 Å². The van der Waals surface area contributed by atoms with Gasteiger partial charge in [0, 0.05) is 89.9 Å². The Labute approximate surface area is 199 Å². The summed E-state index contributed by atoms with van der Waals surface area (Å²) in [6.45, 7) is 0.239. The average molecular weight is 482 g/mol. The molecule has 0 fully saturated rings. The van der Waals surface area contributed by atoms with E-state index in [1.807, 2.05) is 0 Å². The zero-order valence-electron chi connectivity index (χ0n) is 19.6. The van der Waals surface area contributed by atoms with Gasteiger partial charge in [0.1, 0.15) is 40.5 Å². The molecule has 0 bridgehead atoms. The van der Waals surface area contributed by atoms with Gasteiger partial charge in [-0.2, -0.15) is 0 Å². The molecule has 0 aliphatic heterocycles. The Kier molecular flexibility index (Phi) is 17.0. The maximum atomic E-state index is 11.9. The number of hydrogen-bond donors (Lipinski definition) is 2. The number of carboxylic acids is 1. The minimum absolute atomic E-state index is 0.0110. The van der Waals surface area contributed by atoms with E-state index in [0.717, 1.165) is 0 Å². The molecule has 0 rings (SSSR count). The van der Waals surface area contributed by atoms with Crippen LogP contribution in [0.4, 0.5) is 0 Å². The highest BCUT2D eigenvalue weighted by Gasteiger charge is 2.14. The molecule has 0 amide bonds. The topological polar surface area (TPSA) is 183 Å². The molecule has 0 radical (unpaired) electrons. The maximum Gasteiger partial charge on any atom is 0.303 e. The van der Waals surface area contributed by atoms with Gasteiger partial charge >= 0.3 is 5.97 Å². The fraction of sp³-hybridized carbons (Fsp3) is 0.667. The second kappa shape index (κ2) is 18.5. The van der Waals surface area contributed by atoms with Crippen LogP contribution in [0.1, 0.15) is 96.3 Å². The average Bonchev–Trinajstić information content (AvgIpc) is 2.79. The van der Waals surface area contributed by atoms with E-state index in [1.54, 1.807) is 0 Å². The van der Waals surface area contributed by atoms with Crippen molar-refractivity contribution in [1.29, 1.82) is 0 Å². The summed E-state index contributed by atoms with van der Waals surface area (Å²) in [6, 6.07) is 0. The summed E-state index contributed by atoms with van der Waals surface area (Å²) in [7, 11) is 0. The predicted molar refractivity (Wildman–Crippen MR) is 121 cm³/mol. The van der Waals surface area contributed by atoms with Crippen molar-refractivity contribution in [3.63, 3.8) is 0 Å². The number of Topliss-reactive ketones (excluding diaryl/α,β-unsaturated/α-hetero) is 7. The number of carbonyl (C=O) groups is 8. The summed E-state index contributed by atoms with van der Waals surface area (Å²) in [5.74, 6) is -2.69. The SMILES string of the molecule is NCCC(=O)CCC(=O)CCC(=O)CCC(=O)CCC(=O)CCC(=O)CCC(=O)CCC(=O)O. The van der Waals surface area contributed by atoms with Crippen molar-refractivity contribution >= 4 is 46.5 Å². The molecular weight excluding hydrogens is 446 g/mol. The van der Waals surface area contributed by atoms with Crippen LogP contribution in [0.15, 0.2) is 0 Å². The van der Waals surface area contributed by atoms with E-state index in [0.29, 0.717) is 0 Å². The van der Waals surface area contributed by atoms with Crippen LogP contribution in [-0.4, -0.2) is 58.1 Å². The van der Waals surface area contributed by atoms with Crippen LogP contribution in [0.5, 0.6) is 0 Å². The third-order valence-corrected chi connectivity index (χ3v) is 5.14. The van der Waals surface area contributed by atoms with Gasteiger partial charge in [0.25, 0.3) is 0 Å². The second-order valence-electron chi connectivity index (χ2n) is 8.20. The lowest BCUT2D eigenvalue weighted by molar-refractivity contribution is -0.138. The largest absolute Gasteiger partial charge is 0.481 e. The van der Waals surface area contributed by atoms with Crippen molar-refractivity contribution in [3.05, 3.63) is 0 Å². The molecule has 0 aliphatic carbocycles. The third-order valence-electron chi connectivity index (χ3n) is 5.14. The van der Waals surface area contributed by atoms with Gasteiger partial charge in [-0.25, -0.2) is 0 Å². The molecular formula is C24H35NO9. The van der Waals surface area contributed by atoms with Crippen molar-refractivity contribution in [1.82, 2.24) is 0 Å². The molecule has 0 aromatic carbocycles. The van der Waals surface area contributed by atoms with Gasteiger partial charge in [-0.05, 0) is 6.54 Å². The number of carbonyl (C=O) groups excluding carboxylic acids is 7. The zero-order chi connectivity index (χ0) is 25.9. The first-order valence-electron chi connectivity index (χ1n) is 11.6. The molecule has 0 aromatic rings. The van der Waals surface area contributed by atoms with Crippen LogP contribution in [0.25, 0.3) is 0 Å². The van der Waals surface area contributed by atoms with E-state index in [2.05, 4.69) is 0 Å². The van der Waals surface area contributed by atoms with Gasteiger partial charge in [0.2, 0.25) is 0 Å². The minimum Gasteiger partial charge on any atom is -0.481 e. The highest BCUT2D eigenvalue weighted by Crippen LogP contribution is 2.09. The van der Waals surface area contributed by atoms with Crippen LogP contribution >= 0.6 is 0 Å². The summed E-state index contributed by atoms with van der Waals surface area (Å²) in [6.07, 6.45) is -0.208. The second-order valence-corrected chi connectivity index (χ2v) is 8.20. The third kappa shape index (κ3) is 18.7. The van der Waals surface area contributed by atoms with Crippen molar-refractivity contribution in [2.24, 2.45) is 5.73 Å². The van der Waals surface area contributed by atoms with Crippen molar-refractivity contribution < 1.29 is 43.5 Å². The molecule has 0 heterocycles. The number of hydrogen-bond acceptors (Lipinski definition) is 9. The lowest BCUT2D eigenvalue weighted by Gasteiger charge is -2.03. The Morgan fingerprint density at radius 2 is 0.529 bits per heavy atom. The summed E-state index contributed by atoms with van der Waals surface area (Å²) >= 11 is 0. The maximum absolute atomic E-state index is 11.9. The van der Waals surface area contributed by atoms with Crippen LogP contribution < -0.4 is 5.73 Å². The Morgan fingerprint density at radius 1 is 0.353 bits per heavy atom. The summed E-state index contributed by atoms with van der Waals surface area (Å²) in [5.41, 5.74) is 5.26. The molecule has 190 valence electrons.